The summed E-state index contributed by atoms with van der Waals surface area (Å²) in [7, 11) is 0. The third-order valence-corrected chi connectivity index (χ3v) is 4.43. The second-order valence-electron chi connectivity index (χ2n) is 5.93. The normalized spacial score (nSPS) is 18.2. The van der Waals surface area contributed by atoms with E-state index in [0.29, 0.717) is 11.3 Å². The summed E-state index contributed by atoms with van der Waals surface area (Å²) in [4.78, 5) is 28.1. The first-order valence-corrected chi connectivity index (χ1v) is 8.18. The van der Waals surface area contributed by atoms with Crippen molar-refractivity contribution in [2.24, 2.45) is 5.73 Å². The van der Waals surface area contributed by atoms with Gasteiger partial charge in [0.1, 0.15) is 0 Å². The van der Waals surface area contributed by atoms with E-state index >= 15 is 0 Å². The zero-order valence-corrected chi connectivity index (χ0v) is 13.9. The van der Waals surface area contributed by atoms with Crippen molar-refractivity contribution in [3.05, 3.63) is 29.8 Å². The number of benzene rings is 1. The van der Waals surface area contributed by atoms with Crippen LogP contribution >= 0.6 is 0 Å². The molecule has 0 radical (unpaired) electrons. The number of hydrogen-bond acceptors (Lipinski definition) is 4. The van der Waals surface area contributed by atoms with Gasteiger partial charge in [-0.1, -0.05) is 6.92 Å². The van der Waals surface area contributed by atoms with E-state index < -0.39 is 5.91 Å². The van der Waals surface area contributed by atoms with Crippen molar-refractivity contribution < 1.29 is 9.59 Å². The summed E-state index contributed by atoms with van der Waals surface area (Å²) < 4.78 is 0. The van der Waals surface area contributed by atoms with Crippen LogP contribution in [0.25, 0.3) is 0 Å². The Balaban J connectivity index is 1.92. The number of primary amides is 1. The van der Waals surface area contributed by atoms with E-state index in [4.69, 9.17) is 5.73 Å². The van der Waals surface area contributed by atoms with Crippen molar-refractivity contribution in [2.45, 2.75) is 26.3 Å². The number of amides is 2. The maximum atomic E-state index is 12.4. The molecule has 1 aromatic carbocycles. The third kappa shape index (κ3) is 4.77. The summed E-state index contributed by atoms with van der Waals surface area (Å²) in [6, 6.07) is 6.46. The first-order chi connectivity index (χ1) is 11.0. The van der Waals surface area contributed by atoms with Crippen LogP contribution in [0.4, 0.5) is 5.69 Å². The quantitative estimate of drug-likeness (QED) is 0.853. The van der Waals surface area contributed by atoms with Gasteiger partial charge in [-0.3, -0.25) is 14.5 Å². The van der Waals surface area contributed by atoms with E-state index in [-0.39, 0.29) is 11.9 Å². The lowest BCUT2D eigenvalue weighted by Crippen LogP contribution is -2.43. The van der Waals surface area contributed by atoms with Crippen molar-refractivity contribution in [1.29, 1.82) is 0 Å². The van der Waals surface area contributed by atoms with Crippen molar-refractivity contribution in [2.75, 3.05) is 38.0 Å². The highest BCUT2D eigenvalue weighted by Crippen LogP contribution is 2.12. The van der Waals surface area contributed by atoms with Gasteiger partial charge in [-0.15, -0.1) is 0 Å². The average molecular weight is 318 g/mol. The lowest BCUT2D eigenvalue weighted by molar-refractivity contribution is -0.120. The molecule has 0 unspecified atom stereocenters. The first-order valence-electron chi connectivity index (χ1n) is 8.18. The van der Waals surface area contributed by atoms with Gasteiger partial charge in [0.25, 0.3) is 0 Å². The fourth-order valence-corrected chi connectivity index (χ4v) is 2.82. The molecule has 1 aliphatic rings. The molecule has 1 aliphatic heterocycles. The number of nitrogens with zero attached hydrogens (tertiary/aromatic N) is 2. The Labute approximate surface area is 137 Å². The number of rotatable bonds is 5. The smallest absolute Gasteiger partial charge is 0.248 e. The second kappa shape index (κ2) is 8.08. The molecule has 2 rings (SSSR count). The molecule has 6 nitrogen and oxygen atoms in total. The van der Waals surface area contributed by atoms with Crippen LogP contribution < -0.4 is 11.1 Å². The number of anilines is 1. The summed E-state index contributed by atoms with van der Waals surface area (Å²) in [5.74, 6) is -0.497. The molecule has 0 saturated carbocycles. The SMILES string of the molecule is CCN1CCCN([C@H](C)C(=O)Nc2ccc(C(N)=O)cc2)CC1. The van der Waals surface area contributed by atoms with E-state index in [1.165, 1.54) is 0 Å². The average Bonchev–Trinajstić information content (AvgIpc) is 2.80. The monoisotopic (exact) mass is 318 g/mol. The number of carbonyl (C=O) groups excluding carboxylic acids is 2. The lowest BCUT2D eigenvalue weighted by Gasteiger charge is -2.26. The number of hydrogen-bond donors (Lipinski definition) is 2. The number of nitrogens with two attached hydrogens (primary N) is 1. The molecule has 1 saturated heterocycles. The Bertz CT molecular complexity index is 544. The maximum absolute atomic E-state index is 12.4. The molecule has 23 heavy (non-hydrogen) atoms. The van der Waals surface area contributed by atoms with Crippen LogP contribution in [0.3, 0.4) is 0 Å². The standard InChI is InChI=1S/C17H26N4O2/c1-3-20-9-4-10-21(12-11-20)13(2)17(23)19-15-7-5-14(6-8-15)16(18)22/h5-8,13H,3-4,9-12H2,1-2H3,(H2,18,22)(H,19,23)/t13-/m1/s1. The Morgan fingerprint density at radius 3 is 2.48 bits per heavy atom. The van der Waals surface area contributed by atoms with Crippen LogP contribution in [0.1, 0.15) is 30.6 Å². The Hall–Kier alpha value is -1.92. The highest BCUT2D eigenvalue weighted by Gasteiger charge is 2.23. The minimum Gasteiger partial charge on any atom is -0.366 e. The topological polar surface area (TPSA) is 78.7 Å². The van der Waals surface area contributed by atoms with Crippen molar-refractivity contribution in [1.82, 2.24) is 9.80 Å². The van der Waals surface area contributed by atoms with Gasteiger partial charge in [0, 0.05) is 30.9 Å². The molecular formula is C17H26N4O2. The first kappa shape index (κ1) is 17.4. The highest BCUT2D eigenvalue weighted by atomic mass is 16.2. The molecule has 0 spiro atoms. The van der Waals surface area contributed by atoms with Gasteiger partial charge in [0.2, 0.25) is 11.8 Å². The van der Waals surface area contributed by atoms with Gasteiger partial charge < -0.3 is 16.0 Å². The molecule has 2 amide bonds. The van der Waals surface area contributed by atoms with Crippen LogP contribution in [0, 0.1) is 0 Å². The molecule has 0 aliphatic carbocycles. The van der Waals surface area contributed by atoms with Crippen molar-refractivity contribution in [3.8, 4) is 0 Å². The number of nitrogens with one attached hydrogen (secondary N) is 1. The van der Waals surface area contributed by atoms with Crippen LogP contribution in [-0.4, -0.2) is 60.4 Å². The van der Waals surface area contributed by atoms with Crippen LogP contribution in [0.2, 0.25) is 0 Å². The summed E-state index contributed by atoms with van der Waals surface area (Å²) >= 11 is 0. The van der Waals surface area contributed by atoms with E-state index in [0.717, 1.165) is 39.1 Å². The number of carbonyl (C=O) groups is 2. The molecule has 1 aromatic rings. The maximum Gasteiger partial charge on any atom is 0.248 e. The van der Waals surface area contributed by atoms with Gasteiger partial charge in [-0.05, 0) is 50.7 Å². The van der Waals surface area contributed by atoms with Crippen LogP contribution in [0.15, 0.2) is 24.3 Å². The number of likely N-dealkylation sites (N-methyl/N-ethyl adjacent to an activating group) is 1. The van der Waals surface area contributed by atoms with Crippen LogP contribution in [0.5, 0.6) is 0 Å². The van der Waals surface area contributed by atoms with Gasteiger partial charge in [0.15, 0.2) is 0 Å². The van der Waals surface area contributed by atoms with Crippen LogP contribution in [-0.2, 0) is 4.79 Å². The molecule has 126 valence electrons. The lowest BCUT2D eigenvalue weighted by atomic mass is 10.2. The predicted octanol–water partition coefficient (Wildman–Crippen LogP) is 1.14. The molecular weight excluding hydrogens is 292 g/mol. The zero-order chi connectivity index (χ0) is 16.8. The van der Waals surface area contributed by atoms with Gasteiger partial charge in [0.05, 0.1) is 6.04 Å². The predicted molar refractivity (Wildman–Crippen MR) is 91.4 cm³/mol. The molecule has 3 N–H and O–H groups in total. The molecule has 1 fully saturated rings. The Kier molecular flexibility index (Phi) is 6.12. The minimum absolute atomic E-state index is 0.0261. The minimum atomic E-state index is -0.471. The second-order valence-corrected chi connectivity index (χ2v) is 5.93. The van der Waals surface area contributed by atoms with Gasteiger partial charge >= 0.3 is 0 Å². The third-order valence-electron chi connectivity index (χ3n) is 4.43. The van der Waals surface area contributed by atoms with E-state index in [2.05, 4.69) is 22.0 Å². The Morgan fingerprint density at radius 1 is 1.17 bits per heavy atom. The summed E-state index contributed by atoms with van der Waals surface area (Å²) in [5.41, 5.74) is 6.32. The molecule has 0 bridgehead atoms. The molecule has 0 aromatic heterocycles. The molecule has 1 heterocycles. The van der Waals surface area contributed by atoms with E-state index in [1.54, 1.807) is 24.3 Å². The van der Waals surface area contributed by atoms with E-state index in [1.807, 2.05) is 6.92 Å². The van der Waals surface area contributed by atoms with Gasteiger partial charge in [-0.2, -0.15) is 0 Å². The highest BCUT2D eigenvalue weighted by molar-refractivity contribution is 5.96. The molecule has 6 heteroatoms. The fourth-order valence-electron chi connectivity index (χ4n) is 2.82. The van der Waals surface area contributed by atoms with Crippen molar-refractivity contribution in [3.63, 3.8) is 0 Å². The summed E-state index contributed by atoms with van der Waals surface area (Å²) in [6.45, 7) is 9.10. The largest absolute Gasteiger partial charge is 0.366 e. The van der Waals surface area contributed by atoms with Gasteiger partial charge in [-0.25, -0.2) is 0 Å². The summed E-state index contributed by atoms with van der Waals surface area (Å²) in [5, 5.41) is 2.90. The Morgan fingerprint density at radius 2 is 1.87 bits per heavy atom. The van der Waals surface area contributed by atoms with Crippen molar-refractivity contribution >= 4 is 17.5 Å². The fraction of sp³-hybridized carbons (Fsp3) is 0.529. The summed E-state index contributed by atoms with van der Waals surface area (Å²) in [6.07, 6.45) is 1.08. The van der Waals surface area contributed by atoms with E-state index in [9.17, 15) is 9.59 Å². The zero-order valence-electron chi connectivity index (χ0n) is 13.9. The molecule has 1 atom stereocenters.